The average molecular weight is 361 g/mol. The summed E-state index contributed by atoms with van der Waals surface area (Å²) < 4.78 is 10.5. The zero-order valence-electron chi connectivity index (χ0n) is 15.5. The number of ether oxygens (including phenoxy) is 2. The van der Waals surface area contributed by atoms with Crippen LogP contribution in [0.5, 0.6) is 11.5 Å². The lowest BCUT2D eigenvalue weighted by Crippen LogP contribution is -2.30. The Balaban J connectivity index is 1.83. The first kappa shape index (κ1) is 18.5. The van der Waals surface area contributed by atoms with E-state index in [1.807, 2.05) is 78.9 Å². The van der Waals surface area contributed by atoms with Crippen LogP contribution < -0.4 is 14.8 Å². The molecule has 0 saturated heterocycles. The summed E-state index contributed by atoms with van der Waals surface area (Å²) in [5.74, 6) is 1.51. The van der Waals surface area contributed by atoms with E-state index in [9.17, 15) is 4.79 Å². The zero-order valence-corrected chi connectivity index (χ0v) is 15.5. The van der Waals surface area contributed by atoms with Crippen LogP contribution in [-0.4, -0.2) is 20.1 Å². The van der Waals surface area contributed by atoms with Gasteiger partial charge in [-0.05, 0) is 53.9 Å². The van der Waals surface area contributed by atoms with Gasteiger partial charge in [0.15, 0.2) is 0 Å². The predicted octanol–water partition coefficient (Wildman–Crippen LogP) is 4.42. The fourth-order valence-corrected chi connectivity index (χ4v) is 2.92. The molecule has 3 aromatic rings. The number of rotatable bonds is 7. The molecule has 1 N–H and O–H groups in total. The summed E-state index contributed by atoms with van der Waals surface area (Å²) in [6, 6.07) is 24.8. The van der Waals surface area contributed by atoms with Gasteiger partial charge in [0, 0.05) is 5.56 Å². The number of benzene rings is 3. The summed E-state index contributed by atoms with van der Waals surface area (Å²) in [7, 11) is 3.29. The molecule has 0 aromatic heterocycles. The Morgan fingerprint density at radius 2 is 1.37 bits per heavy atom. The largest absolute Gasteiger partial charge is 0.497 e. The summed E-state index contributed by atoms with van der Waals surface area (Å²) >= 11 is 0. The van der Waals surface area contributed by atoms with Gasteiger partial charge in [0.1, 0.15) is 11.5 Å². The Labute approximate surface area is 159 Å². The molecule has 0 fully saturated rings. The van der Waals surface area contributed by atoms with Gasteiger partial charge in [-0.3, -0.25) is 4.79 Å². The van der Waals surface area contributed by atoms with Crippen LogP contribution in [0.2, 0.25) is 0 Å². The molecule has 0 aliphatic heterocycles. The Kier molecular flexibility index (Phi) is 6.10. The highest BCUT2D eigenvalue weighted by molar-refractivity contribution is 5.94. The normalized spacial score (nSPS) is 11.5. The van der Waals surface area contributed by atoms with Gasteiger partial charge in [-0.15, -0.1) is 0 Å². The van der Waals surface area contributed by atoms with Crippen LogP contribution >= 0.6 is 0 Å². The molecular weight excluding hydrogens is 338 g/mol. The molecule has 4 nitrogen and oxygen atoms in total. The van der Waals surface area contributed by atoms with Crippen molar-refractivity contribution in [3.8, 4) is 11.5 Å². The summed E-state index contributed by atoms with van der Waals surface area (Å²) in [5.41, 5.74) is 2.78. The van der Waals surface area contributed by atoms with Crippen LogP contribution in [0.15, 0.2) is 78.9 Å². The fourth-order valence-electron chi connectivity index (χ4n) is 2.92. The van der Waals surface area contributed by atoms with Crippen LogP contribution in [0.25, 0.3) is 0 Å². The molecule has 138 valence electrons. The minimum Gasteiger partial charge on any atom is -0.497 e. The first-order chi connectivity index (χ1) is 13.2. The number of nitrogens with one attached hydrogen (secondary N) is 1. The molecule has 0 bridgehead atoms. The number of methoxy groups -OCH3 is 2. The van der Waals surface area contributed by atoms with Gasteiger partial charge in [-0.2, -0.15) is 0 Å². The minimum absolute atomic E-state index is 0.0927. The maximum atomic E-state index is 12.7. The Hall–Kier alpha value is -3.27. The van der Waals surface area contributed by atoms with E-state index < -0.39 is 0 Å². The van der Waals surface area contributed by atoms with Crippen LogP contribution in [-0.2, 0) is 6.42 Å². The van der Waals surface area contributed by atoms with E-state index >= 15 is 0 Å². The quantitative estimate of drug-likeness (QED) is 0.678. The molecule has 3 rings (SSSR count). The first-order valence-electron chi connectivity index (χ1n) is 8.82. The van der Waals surface area contributed by atoms with Crippen LogP contribution in [0.3, 0.4) is 0 Å². The van der Waals surface area contributed by atoms with Crippen molar-refractivity contribution in [1.29, 1.82) is 0 Å². The molecule has 4 heteroatoms. The fraction of sp³-hybridized carbons (Fsp3) is 0.174. The second-order valence-electron chi connectivity index (χ2n) is 6.22. The Morgan fingerprint density at radius 1 is 0.815 bits per heavy atom. The average Bonchev–Trinajstić information content (AvgIpc) is 2.74. The van der Waals surface area contributed by atoms with Gasteiger partial charge in [-0.1, -0.05) is 42.5 Å². The lowest BCUT2D eigenvalue weighted by atomic mass is 9.98. The number of carbonyl (C=O) groups is 1. The van der Waals surface area contributed by atoms with Crippen molar-refractivity contribution in [3.63, 3.8) is 0 Å². The van der Waals surface area contributed by atoms with E-state index in [0.717, 1.165) is 22.6 Å². The van der Waals surface area contributed by atoms with Gasteiger partial charge in [0.2, 0.25) is 0 Å². The molecule has 1 unspecified atom stereocenters. The molecule has 0 aliphatic rings. The summed E-state index contributed by atoms with van der Waals surface area (Å²) in [6.45, 7) is 0. The maximum Gasteiger partial charge on any atom is 0.251 e. The van der Waals surface area contributed by atoms with Gasteiger partial charge < -0.3 is 14.8 Å². The molecule has 3 aromatic carbocycles. The third-order valence-electron chi connectivity index (χ3n) is 4.46. The van der Waals surface area contributed by atoms with Crippen molar-refractivity contribution >= 4 is 5.91 Å². The smallest absolute Gasteiger partial charge is 0.251 e. The molecule has 0 heterocycles. The number of carbonyl (C=O) groups excluding carboxylic acids is 1. The monoisotopic (exact) mass is 361 g/mol. The Bertz CT molecular complexity index is 858. The molecule has 0 saturated carbocycles. The first-order valence-corrected chi connectivity index (χ1v) is 8.82. The third kappa shape index (κ3) is 4.88. The van der Waals surface area contributed by atoms with E-state index in [4.69, 9.17) is 9.47 Å². The molecule has 1 amide bonds. The lowest BCUT2D eigenvalue weighted by molar-refractivity contribution is 0.0936. The highest BCUT2D eigenvalue weighted by Gasteiger charge is 2.17. The van der Waals surface area contributed by atoms with Crippen molar-refractivity contribution in [3.05, 3.63) is 95.6 Å². The van der Waals surface area contributed by atoms with Crippen molar-refractivity contribution in [2.24, 2.45) is 0 Å². The minimum atomic E-state index is -0.156. The summed E-state index contributed by atoms with van der Waals surface area (Å²) in [4.78, 5) is 12.7. The van der Waals surface area contributed by atoms with E-state index in [1.165, 1.54) is 0 Å². The van der Waals surface area contributed by atoms with Crippen molar-refractivity contribution in [2.45, 2.75) is 12.5 Å². The molecule has 0 spiro atoms. The van der Waals surface area contributed by atoms with Crippen LogP contribution in [0.1, 0.15) is 27.5 Å². The second kappa shape index (κ2) is 8.90. The Morgan fingerprint density at radius 3 is 1.93 bits per heavy atom. The van der Waals surface area contributed by atoms with Crippen LogP contribution in [0.4, 0.5) is 0 Å². The van der Waals surface area contributed by atoms with Gasteiger partial charge >= 0.3 is 0 Å². The maximum absolute atomic E-state index is 12.7. The van der Waals surface area contributed by atoms with E-state index in [-0.39, 0.29) is 11.9 Å². The summed E-state index contributed by atoms with van der Waals surface area (Å²) in [6.07, 6.45) is 0.675. The third-order valence-corrected chi connectivity index (χ3v) is 4.46. The number of hydrogen-bond acceptors (Lipinski definition) is 3. The van der Waals surface area contributed by atoms with Crippen molar-refractivity contribution < 1.29 is 14.3 Å². The SMILES string of the molecule is COc1ccc(CC(NC(=O)c2ccccc2)c2ccc(OC)cc2)cc1. The second-order valence-corrected chi connectivity index (χ2v) is 6.22. The van der Waals surface area contributed by atoms with Gasteiger partial charge in [0.05, 0.1) is 20.3 Å². The highest BCUT2D eigenvalue weighted by atomic mass is 16.5. The molecule has 27 heavy (non-hydrogen) atoms. The molecule has 1 atom stereocenters. The summed E-state index contributed by atoms with van der Waals surface area (Å²) in [5, 5.41) is 3.15. The highest BCUT2D eigenvalue weighted by Crippen LogP contribution is 2.23. The van der Waals surface area contributed by atoms with E-state index in [1.54, 1.807) is 14.2 Å². The van der Waals surface area contributed by atoms with E-state index in [0.29, 0.717) is 12.0 Å². The topological polar surface area (TPSA) is 47.6 Å². The van der Waals surface area contributed by atoms with Crippen molar-refractivity contribution in [1.82, 2.24) is 5.32 Å². The number of hydrogen-bond donors (Lipinski definition) is 1. The molecular formula is C23H23NO3. The standard InChI is InChI=1S/C23H23NO3/c1-26-20-12-8-17(9-13-20)16-22(18-10-14-21(27-2)15-11-18)24-23(25)19-6-4-3-5-7-19/h3-15,22H,16H2,1-2H3,(H,24,25). The van der Waals surface area contributed by atoms with Crippen LogP contribution in [0, 0.1) is 0 Å². The zero-order chi connectivity index (χ0) is 19.1. The van der Waals surface area contributed by atoms with Gasteiger partial charge in [-0.25, -0.2) is 0 Å². The lowest BCUT2D eigenvalue weighted by Gasteiger charge is -2.20. The number of amides is 1. The van der Waals surface area contributed by atoms with E-state index in [2.05, 4.69) is 5.32 Å². The predicted molar refractivity (Wildman–Crippen MR) is 106 cm³/mol. The molecule has 0 radical (unpaired) electrons. The van der Waals surface area contributed by atoms with Gasteiger partial charge in [0.25, 0.3) is 5.91 Å². The van der Waals surface area contributed by atoms with Crippen molar-refractivity contribution in [2.75, 3.05) is 14.2 Å². The molecule has 0 aliphatic carbocycles.